The van der Waals surface area contributed by atoms with Gasteiger partial charge in [0.25, 0.3) is 0 Å². The van der Waals surface area contributed by atoms with Gasteiger partial charge in [-0.2, -0.15) is 0 Å². The third-order valence-electron chi connectivity index (χ3n) is 6.29. The first-order valence-corrected chi connectivity index (χ1v) is 12.9. The van der Waals surface area contributed by atoms with Gasteiger partial charge in [-0.15, -0.1) is 16.8 Å². The van der Waals surface area contributed by atoms with E-state index in [-0.39, 0.29) is 0 Å². The molecule has 0 amide bonds. The molecule has 4 aromatic carbocycles. The number of fused-ring (bicyclic) bond motifs is 2. The summed E-state index contributed by atoms with van der Waals surface area (Å²) in [4.78, 5) is 4.94. The highest BCUT2D eigenvalue weighted by Gasteiger charge is 2.18. The summed E-state index contributed by atoms with van der Waals surface area (Å²) in [6.07, 6.45) is 1.90. The van der Waals surface area contributed by atoms with Crippen molar-refractivity contribution in [1.82, 2.24) is 19.7 Å². The molecule has 2 heterocycles. The average molecular weight is 485 g/mol. The van der Waals surface area contributed by atoms with Gasteiger partial charge in [0, 0.05) is 28.8 Å². The fourth-order valence-electron chi connectivity index (χ4n) is 4.57. The van der Waals surface area contributed by atoms with Crippen molar-refractivity contribution in [3.05, 3.63) is 121 Å². The van der Waals surface area contributed by atoms with Crippen molar-refractivity contribution in [2.45, 2.75) is 17.5 Å². The lowest BCUT2D eigenvalue weighted by molar-refractivity contribution is 0.731. The number of allylic oxidation sites excluding steroid dienone is 1. The van der Waals surface area contributed by atoms with Gasteiger partial charge in [-0.05, 0) is 28.5 Å². The number of rotatable bonds is 7. The van der Waals surface area contributed by atoms with Gasteiger partial charge in [-0.3, -0.25) is 4.57 Å². The van der Waals surface area contributed by atoms with Crippen LogP contribution in [-0.2, 0) is 12.3 Å². The molecule has 0 unspecified atom stereocenters. The zero-order valence-corrected chi connectivity index (χ0v) is 20.5. The predicted octanol–water partition coefficient (Wildman–Crippen LogP) is 7.79. The molecule has 2 aromatic heterocycles. The third kappa shape index (κ3) is 4.18. The topological polar surface area (TPSA) is 43.6 Å². The largest absolute Gasteiger partial charge is 0.298 e. The van der Waals surface area contributed by atoms with Crippen LogP contribution in [0.5, 0.6) is 0 Å². The van der Waals surface area contributed by atoms with Crippen LogP contribution in [0.1, 0.15) is 5.56 Å². The van der Waals surface area contributed by atoms with Crippen molar-refractivity contribution in [3.8, 4) is 22.6 Å². The molecule has 0 atom stereocenters. The molecule has 0 fully saturated rings. The monoisotopic (exact) mass is 484 g/mol. The van der Waals surface area contributed by atoms with E-state index in [1.54, 1.807) is 11.8 Å². The molecule has 0 aliphatic carbocycles. The molecule has 0 aliphatic heterocycles. The maximum absolute atomic E-state index is 4.94. The summed E-state index contributed by atoms with van der Waals surface area (Å²) in [7, 11) is 0. The van der Waals surface area contributed by atoms with E-state index in [4.69, 9.17) is 4.98 Å². The SMILES string of the molecule is C=CCn1c(SCc2cccc3ccccc23)nnc1-c1cc(-c2ccccc2)nc2ccccc12. The van der Waals surface area contributed by atoms with Gasteiger partial charge in [0.1, 0.15) is 0 Å². The number of hydrogen-bond donors (Lipinski definition) is 0. The Hall–Kier alpha value is -4.22. The van der Waals surface area contributed by atoms with E-state index >= 15 is 0 Å². The summed E-state index contributed by atoms with van der Waals surface area (Å²) in [6.45, 7) is 4.62. The van der Waals surface area contributed by atoms with E-state index in [0.717, 1.165) is 44.5 Å². The van der Waals surface area contributed by atoms with Crippen LogP contribution in [0.3, 0.4) is 0 Å². The Bertz CT molecular complexity index is 1680. The molecule has 0 N–H and O–H groups in total. The zero-order chi connectivity index (χ0) is 24.3. The van der Waals surface area contributed by atoms with Crippen molar-refractivity contribution >= 4 is 33.4 Å². The first kappa shape index (κ1) is 22.3. The van der Waals surface area contributed by atoms with Crippen molar-refractivity contribution in [2.75, 3.05) is 0 Å². The van der Waals surface area contributed by atoms with Gasteiger partial charge in [-0.25, -0.2) is 4.98 Å². The van der Waals surface area contributed by atoms with Crippen LogP contribution in [0, 0.1) is 0 Å². The van der Waals surface area contributed by atoms with Crippen LogP contribution in [0.2, 0.25) is 0 Å². The first-order valence-electron chi connectivity index (χ1n) is 11.9. The second-order valence-corrected chi connectivity index (χ2v) is 9.51. The highest BCUT2D eigenvalue weighted by molar-refractivity contribution is 7.98. The van der Waals surface area contributed by atoms with Crippen LogP contribution in [-0.4, -0.2) is 19.7 Å². The molecule has 0 bridgehead atoms. The summed E-state index contributed by atoms with van der Waals surface area (Å²) < 4.78 is 2.15. The van der Waals surface area contributed by atoms with Crippen LogP contribution >= 0.6 is 11.8 Å². The highest BCUT2D eigenvalue weighted by atomic mass is 32.2. The Kier molecular flexibility index (Phi) is 6.06. The fourth-order valence-corrected chi connectivity index (χ4v) is 5.52. The molecule has 5 heteroatoms. The summed E-state index contributed by atoms with van der Waals surface area (Å²) in [5.74, 6) is 1.63. The Morgan fingerprint density at radius 3 is 2.39 bits per heavy atom. The van der Waals surface area contributed by atoms with Gasteiger partial charge in [0.15, 0.2) is 11.0 Å². The standard InChI is InChI=1S/C31H24N4S/c1-2-19-35-30(33-34-31(35)36-21-24-15-10-14-22-11-6-7-16-25(22)24)27-20-29(23-12-4-3-5-13-23)32-28-18-9-8-17-26(27)28/h2-18,20H,1,19,21H2. The molecular weight excluding hydrogens is 460 g/mol. The quantitative estimate of drug-likeness (QED) is 0.171. The summed E-state index contributed by atoms with van der Waals surface area (Å²) in [5, 5.41) is 13.8. The molecule has 6 aromatic rings. The van der Waals surface area contributed by atoms with E-state index in [1.807, 2.05) is 36.4 Å². The minimum absolute atomic E-state index is 0.623. The van der Waals surface area contributed by atoms with E-state index in [9.17, 15) is 0 Å². The lowest BCUT2D eigenvalue weighted by Crippen LogP contribution is -2.02. The number of hydrogen-bond acceptors (Lipinski definition) is 4. The Labute approximate surface area is 214 Å². The summed E-state index contributed by atoms with van der Waals surface area (Å²) in [5.41, 5.74) is 5.23. The van der Waals surface area contributed by atoms with Crippen LogP contribution in [0.25, 0.3) is 44.3 Å². The average Bonchev–Trinajstić information content (AvgIpc) is 3.34. The van der Waals surface area contributed by atoms with Crippen LogP contribution < -0.4 is 0 Å². The maximum Gasteiger partial charge on any atom is 0.192 e. The van der Waals surface area contributed by atoms with Crippen molar-refractivity contribution in [1.29, 1.82) is 0 Å². The molecule has 0 spiro atoms. The number of benzene rings is 4. The van der Waals surface area contributed by atoms with Gasteiger partial charge in [0.2, 0.25) is 0 Å². The Morgan fingerprint density at radius 2 is 1.53 bits per heavy atom. The molecule has 36 heavy (non-hydrogen) atoms. The summed E-state index contributed by atoms with van der Waals surface area (Å²) in [6, 6.07) is 35.6. The summed E-state index contributed by atoms with van der Waals surface area (Å²) >= 11 is 1.70. The second kappa shape index (κ2) is 9.80. The Morgan fingerprint density at radius 1 is 0.778 bits per heavy atom. The van der Waals surface area contributed by atoms with Crippen LogP contribution in [0.4, 0.5) is 0 Å². The fraction of sp³-hybridized carbons (Fsp3) is 0.0645. The number of thioether (sulfide) groups is 1. The number of pyridine rings is 1. The predicted molar refractivity (Wildman–Crippen MR) is 150 cm³/mol. The molecule has 4 nitrogen and oxygen atoms in total. The third-order valence-corrected chi connectivity index (χ3v) is 7.31. The molecule has 0 saturated carbocycles. The smallest absolute Gasteiger partial charge is 0.192 e. The van der Waals surface area contributed by atoms with Gasteiger partial charge in [0.05, 0.1) is 11.2 Å². The molecule has 6 rings (SSSR count). The number of aromatic nitrogens is 4. The van der Waals surface area contributed by atoms with Crippen LogP contribution in [0.15, 0.2) is 121 Å². The number of nitrogens with zero attached hydrogens (tertiary/aromatic N) is 4. The zero-order valence-electron chi connectivity index (χ0n) is 19.7. The van der Waals surface area contributed by atoms with Gasteiger partial charge in [-0.1, -0.05) is 109 Å². The van der Waals surface area contributed by atoms with E-state index in [0.29, 0.717) is 6.54 Å². The first-order chi connectivity index (χ1) is 17.8. The molecular formula is C31H24N4S. The second-order valence-electron chi connectivity index (χ2n) is 8.57. The highest BCUT2D eigenvalue weighted by Crippen LogP contribution is 2.34. The van der Waals surface area contributed by atoms with Gasteiger partial charge >= 0.3 is 0 Å². The molecule has 0 radical (unpaired) electrons. The molecule has 0 aliphatic rings. The molecule has 0 saturated heterocycles. The lowest BCUT2D eigenvalue weighted by Gasteiger charge is -2.12. The van der Waals surface area contributed by atoms with Crippen molar-refractivity contribution in [2.24, 2.45) is 0 Å². The van der Waals surface area contributed by atoms with Gasteiger partial charge < -0.3 is 0 Å². The minimum Gasteiger partial charge on any atom is -0.298 e. The minimum atomic E-state index is 0.623. The Balaban J connectivity index is 1.43. The van der Waals surface area contributed by atoms with E-state index in [2.05, 4.69) is 94.1 Å². The maximum atomic E-state index is 4.94. The lowest BCUT2D eigenvalue weighted by atomic mass is 10.0. The van der Waals surface area contributed by atoms with Crippen molar-refractivity contribution in [3.63, 3.8) is 0 Å². The van der Waals surface area contributed by atoms with E-state index in [1.165, 1.54) is 16.3 Å². The van der Waals surface area contributed by atoms with Crippen molar-refractivity contribution < 1.29 is 0 Å². The van der Waals surface area contributed by atoms with E-state index < -0.39 is 0 Å². The normalized spacial score (nSPS) is 11.2. The molecule has 174 valence electrons. The number of para-hydroxylation sites is 1.